The van der Waals surface area contributed by atoms with Crippen molar-refractivity contribution in [3.05, 3.63) is 17.8 Å². The molecule has 2 aromatic heterocycles. The zero-order chi connectivity index (χ0) is 15.5. The largest absolute Gasteiger partial charge is 0.465 e. The number of nitrogens with zero attached hydrogens (tertiary/aromatic N) is 3. The number of hydrogen-bond donors (Lipinski definition) is 0. The monoisotopic (exact) mass is 301 g/mol. The number of ketones is 1. The first kappa shape index (κ1) is 15.0. The van der Waals surface area contributed by atoms with Gasteiger partial charge in [-0.3, -0.25) is 9.36 Å². The van der Waals surface area contributed by atoms with Crippen LogP contribution in [-0.2, 0) is 6.54 Å². The molecule has 0 aliphatic heterocycles. The molecule has 0 unspecified atom stereocenters. The molecule has 2 heterocycles. The number of Topliss-reactive ketones (excluding diaryl/α,β-unsaturated/α-hetero) is 1. The molecular weight excluding hydrogens is 278 g/mol. The highest BCUT2D eigenvalue weighted by Crippen LogP contribution is 2.29. The summed E-state index contributed by atoms with van der Waals surface area (Å²) in [6.07, 6.45) is 6.43. The van der Waals surface area contributed by atoms with Gasteiger partial charge in [-0.1, -0.05) is 19.3 Å². The van der Waals surface area contributed by atoms with Crippen molar-refractivity contribution in [1.82, 2.24) is 14.5 Å². The van der Waals surface area contributed by atoms with Gasteiger partial charge in [0.05, 0.1) is 6.61 Å². The Labute approximate surface area is 130 Å². The third kappa shape index (κ3) is 2.98. The second-order valence-corrected chi connectivity index (χ2v) is 6.04. The molecule has 0 atom stereocenters. The Morgan fingerprint density at radius 2 is 2.05 bits per heavy atom. The molecule has 5 heteroatoms. The molecule has 0 aromatic carbocycles. The van der Waals surface area contributed by atoms with Gasteiger partial charge in [-0.05, 0) is 37.8 Å². The molecule has 1 aliphatic rings. The van der Waals surface area contributed by atoms with E-state index in [0.717, 1.165) is 17.7 Å². The Hall–Kier alpha value is -1.91. The van der Waals surface area contributed by atoms with Crippen LogP contribution in [0.15, 0.2) is 12.1 Å². The van der Waals surface area contributed by atoms with Gasteiger partial charge in [-0.15, -0.1) is 0 Å². The first-order valence-corrected chi connectivity index (χ1v) is 8.20. The molecule has 0 saturated heterocycles. The van der Waals surface area contributed by atoms with Crippen LogP contribution in [0, 0.1) is 5.92 Å². The maximum absolute atomic E-state index is 11.6. The molecule has 0 amide bonds. The van der Waals surface area contributed by atoms with Crippen molar-refractivity contribution in [2.75, 3.05) is 6.61 Å². The predicted molar refractivity (Wildman–Crippen MR) is 85.3 cm³/mol. The lowest BCUT2D eigenvalue weighted by atomic mass is 9.89. The summed E-state index contributed by atoms with van der Waals surface area (Å²) in [6.45, 7) is 4.95. The fourth-order valence-corrected chi connectivity index (χ4v) is 3.21. The van der Waals surface area contributed by atoms with Crippen LogP contribution in [0.3, 0.4) is 0 Å². The lowest BCUT2D eigenvalue weighted by Gasteiger charge is -2.22. The van der Waals surface area contributed by atoms with Crippen molar-refractivity contribution in [1.29, 1.82) is 0 Å². The summed E-state index contributed by atoms with van der Waals surface area (Å²) in [4.78, 5) is 20.6. The van der Waals surface area contributed by atoms with Gasteiger partial charge >= 0.3 is 0 Å². The van der Waals surface area contributed by atoms with E-state index >= 15 is 0 Å². The standard InChI is InChI=1S/C17H23N3O2/c1-3-22-17-19-15-10-9-14(12(2)21)18-16(15)20(17)11-13-7-5-4-6-8-13/h9-10,13H,3-8,11H2,1-2H3. The van der Waals surface area contributed by atoms with E-state index in [-0.39, 0.29) is 5.78 Å². The van der Waals surface area contributed by atoms with Gasteiger partial charge < -0.3 is 4.74 Å². The second-order valence-electron chi connectivity index (χ2n) is 6.04. The minimum Gasteiger partial charge on any atom is -0.465 e. The topological polar surface area (TPSA) is 57.0 Å². The molecule has 1 fully saturated rings. The minimum atomic E-state index is -0.0229. The minimum absolute atomic E-state index is 0.0229. The highest BCUT2D eigenvalue weighted by molar-refractivity contribution is 5.94. The van der Waals surface area contributed by atoms with E-state index in [0.29, 0.717) is 24.2 Å². The van der Waals surface area contributed by atoms with Crippen molar-refractivity contribution in [2.45, 2.75) is 52.5 Å². The molecule has 3 rings (SSSR count). The molecule has 0 bridgehead atoms. The molecule has 0 spiro atoms. The van der Waals surface area contributed by atoms with E-state index in [1.54, 1.807) is 13.0 Å². The van der Waals surface area contributed by atoms with Crippen LogP contribution < -0.4 is 4.74 Å². The van der Waals surface area contributed by atoms with Crippen molar-refractivity contribution in [3.8, 4) is 6.01 Å². The van der Waals surface area contributed by atoms with E-state index in [1.807, 2.05) is 13.0 Å². The highest BCUT2D eigenvalue weighted by atomic mass is 16.5. The predicted octanol–water partition coefficient (Wildman–Crippen LogP) is 3.61. The average Bonchev–Trinajstić information content (AvgIpc) is 2.86. The average molecular weight is 301 g/mol. The summed E-state index contributed by atoms with van der Waals surface area (Å²) in [6, 6.07) is 4.22. The van der Waals surface area contributed by atoms with Crippen molar-refractivity contribution >= 4 is 16.9 Å². The first-order valence-electron chi connectivity index (χ1n) is 8.20. The normalized spacial score (nSPS) is 16.1. The van der Waals surface area contributed by atoms with Crippen LogP contribution in [0.5, 0.6) is 6.01 Å². The summed E-state index contributed by atoms with van der Waals surface area (Å²) in [5.74, 6) is 0.624. The van der Waals surface area contributed by atoms with Gasteiger partial charge in [0.15, 0.2) is 11.4 Å². The van der Waals surface area contributed by atoms with E-state index in [9.17, 15) is 4.79 Å². The fourth-order valence-electron chi connectivity index (χ4n) is 3.21. The van der Waals surface area contributed by atoms with Crippen molar-refractivity contribution < 1.29 is 9.53 Å². The lowest BCUT2D eigenvalue weighted by molar-refractivity contribution is 0.101. The van der Waals surface area contributed by atoms with E-state index in [2.05, 4.69) is 14.5 Å². The molecule has 0 N–H and O–H groups in total. The summed E-state index contributed by atoms with van der Waals surface area (Å²) in [5, 5.41) is 0. The van der Waals surface area contributed by atoms with Crippen LogP contribution in [0.1, 0.15) is 56.4 Å². The van der Waals surface area contributed by atoms with Crippen LogP contribution in [0.4, 0.5) is 0 Å². The van der Waals surface area contributed by atoms with Crippen LogP contribution >= 0.6 is 0 Å². The van der Waals surface area contributed by atoms with Crippen LogP contribution in [0.2, 0.25) is 0 Å². The maximum Gasteiger partial charge on any atom is 0.298 e. The third-order valence-corrected chi connectivity index (χ3v) is 4.36. The van der Waals surface area contributed by atoms with Gasteiger partial charge in [0.1, 0.15) is 11.2 Å². The Kier molecular flexibility index (Phi) is 4.41. The van der Waals surface area contributed by atoms with Crippen LogP contribution in [-0.4, -0.2) is 26.9 Å². The number of carbonyl (C=O) groups is 1. The number of pyridine rings is 1. The zero-order valence-corrected chi connectivity index (χ0v) is 13.3. The summed E-state index contributed by atoms with van der Waals surface area (Å²) >= 11 is 0. The molecule has 1 saturated carbocycles. The molecule has 0 radical (unpaired) electrons. The second kappa shape index (κ2) is 6.46. The zero-order valence-electron chi connectivity index (χ0n) is 13.3. The molecule has 2 aromatic rings. The van der Waals surface area contributed by atoms with Crippen molar-refractivity contribution in [3.63, 3.8) is 0 Å². The highest BCUT2D eigenvalue weighted by Gasteiger charge is 2.20. The van der Waals surface area contributed by atoms with Gasteiger partial charge in [-0.2, -0.15) is 4.98 Å². The Balaban J connectivity index is 2.00. The fraction of sp³-hybridized carbons (Fsp3) is 0.588. The van der Waals surface area contributed by atoms with E-state index in [4.69, 9.17) is 4.74 Å². The Morgan fingerprint density at radius 3 is 2.73 bits per heavy atom. The molecule has 22 heavy (non-hydrogen) atoms. The summed E-state index contributed by atoms with van der Waals surface area (Å²) in [7, 11) is 0. The van der Waals surface area contributed by atoms with E-state index < -0.39 is 0 Å². The van der Waals surface area contributed by atoms with Crippen molar-refractivity contribution in [2.24, 2.45) is 5.92 Å². The number of carbonyl (C=O) groups excluding carboxylic acids is 1. The van der Waals surface area contributed by atoms with Gasteiger partial charge in [0.2, 0.25) is 0 Å². The number of hydrogen-bond acceptors (Lipinski definition) is 4. The Morgan fingerprint density at radius 1 is 1.27 bits per heavy atom. The molecule has 118 valence electrons. The summed E-state index contributed by atoms with van der Waals surface area (Å²) < 4.78 is 7.75. The molecular formula is C17H23N3O2. The molecule has 5 nitrogen and oxygen atoms in total. The number of rotatable bonds is 5. The van der Waals surface area contributed by atoms with Crippen LogP contribution in [0.25, 0.3) is 11.2 Å². The quantitative estimate of drug-likeness (QED) is 0.792. The summed E-state index contributed by atoms with van der Waals surface area (Å²) in [5.41, 5.74) is 2.05. The third-order valence-electron chi connectivity index (χ3n) is 4.36. The molecule has 1 aliphatic carbocycles. The lowest BCUT2D eigenvalue weighted by Crippen LogP contribution is -2.16. The smallest absolute Gasteiger partial charge is 0.298 e. The number of fused-ring (bicyclic) bond motifs is 1. The SMILES string of the molecule is CCOc1nc2ccc(C(C)=O)nc2n1CC1CCCCC1. The maximum atomic E-state index is 11.6. The Bertz CT molecular complexity index is 672. The number of aromatic nitrogens is 3. The number of imidazole rings is 1. The van der Waals surface area contributed by atoms with Gasteiger partial charge in [0, 0.05) is 13.5 Å². The van der Waals surface area contributed by atoms with Gasteiger partial charge in [0.25, 0.3) is 6.01 Å². The van der Waals surface area contributed by atoms with Gasteiger partial charge in [-0.25, -0.2) is 4.98 Å². The number of ether oxygens (including phenoxy) is 1. The first-order chi connectivity index (χ1) is 10.7. The van der Waals surface area contributed by atoms with E-state index in [1.165, 1.54) is 32.1 Å².